The molecule has 0 aliphatic carbocycles. The predicted octanol–water partition coefficient (Wildman–Crippen LogP) is 22.7. The molecule has 0 radical (unpaired) electrons. The maximum Gasteiger partial charge on any atom is 0.490 e. The standard InChI is InChI=1S/C24H26FN3O3.C24H24FN3O3.C19H18FN3O.C16H28BNO4.C14H8BrFN2O/c2*1-24(2,3)31-23(29)28-14-11-16(12-15-28)21-20(19-6-4-5-13-26-19)27-22(30-21)17-7-9-18(25)10-8-17;20-15-6-4-14(5-7-15)19-23-17(16-3-1-2-10-22-16)18(24-19)13-8-11-21-12-9-13;1-14(2,3)20-13(19)18-10-8-12(9-11-18)17-21-15(4,5)16(6,7)22-17;15-13-12(11-3-1-2-8-17-11)18-14(19-13)9-4-6-10(16)7-5-9/h4-10,13,16H,11-12,14-15H2,1-3H3;4-11,13H,12,14-15H2,1-3H3;1-7,10,13,21H,8-9,11-12H2;8H,9-11H2,1-7H3;1-8H. The van der Waals surface area contributed by atoms with E-state index in [0.29, 0.717) is 131 Å². The number of pyridine rings is 4. The Bertz CT molecular complexity index is 5720. The van der Waals surface area contributed by atoms with Crippen molar-refractivity contribution in [2.75, 3.05) is 52.4 Å². The number of rotatable bonds is 12. The van der Waals surface area contributed by atoms with E-state index in [-0.39, 0.29) is 65.8 Å². The van der Waals surface area contributed by atoms with Crippen LogP contribution in [0.25, 0.3) is 96.9 Å². The summed E-state index contributed by atoms with van der Waals surface area (Å²) in [5.74, 6) is 3.24. The Morgan fingerprint density at radius 1 is 0.417 bits per heavy atom. The van der Waals surface area contributed by atoms with Crippen LogP contribution >= 0.6 is 15.9 Å². The van der Waals surface area contributed by atoms with Crippen molar-refractivity contribution in [3.63, 3.8) is 0 Å². The maximum absolute atomic E-state index is 13.3. The van der Waals surface area contributed by atoms with Gasteiger partial charge in [0.15, 0.2) is 10.4 Å². The van der Waals surface area contributed by atoms with Gasteiger partial charge in [-0.15, -0.1) is 0 Å². The third kappa shape index (κ3) is 24.7. The van der Waals surface area contributed by atoms with Crippen LogP contribution in [0.3, 0.4) is 0 Å². The SMILES string of the molecule is CC(C)(C)OC(=O)N1CC=C(B2OC(C)(C)C(C)(C)O2)CC1.CC(C)(C)OC(=O)N1CC=C(c2oc(-c3ccc(F)cc3)nc2-c2ccccn2)CC1.CC(C)(C)OC(=O)N1CCC(c2oc(-c3ccc(F)cc3)nc2-c2ccccn2)CC1.Fc1ccc(-c2nc(-c3ccccn3)c(Br)o2)cc1.Fc1ccc(-c2nc(-c3ccccn3)c(C3CCNCC3)o2)cc1. The highest BCUT2D eigenvalue weighted by molar-refractivity contribution is 9.10. The Kier molecular flexibility index (Phi) is 29.5. The number of ether oxygens (including phenoxy) is 3. The van der Waals surface area contributed by atoms with Crippen LogP contribution in [0, 0.1) is 23.3 Å². The molecule has 30 heteroatoms. The third-order valence-corrected chi connectivity index (χ3v) is 21.9. The molecule has 12 aromatic rings. The van der Waals surface area contributed by atoms with E-state index in [4.69, 9.17) is 46.2 Å². The molecule has 4 aromatic carbocycles. The average molecular weight is 1800 g/mol. The lowest BCUT2D eigenvalue weighted by molar-refractivity contribution is 0.00578. The molecule has 5 aliphatic heterocycles. The van der Waals surface area contributed by atoms with E-state index in [1.807, 2.05) is 175 Å². The van der Waals surface area contributed by atoms with E-state index in [0.717, 1.165) is 90.4 Å². The van der Waals surface area contributed by atoms with Gasteiger partial charge in [0.1, 0.15) is 74.4 Å². The zero-order valence-electron chi connectivity index (χ0n) is 73.5. The molecule has 0 unspecified atom stereocenters. The van der Waals surface area contributed by atoms with Gasteiger partial charge < -0.3 is 61.2 Å². The zero-order valence-corrected chi connectivity index (χ0v) is 75.1. The fourth-order valence-corrected chi connectivity index (χ4v) is 14.6. The number of halogens is 5. The quantitative estimate of drug-likeness (QED) is 0.0676. The molecular weight excluding hydrogens is 1690 g/mol. The molecule has 0 atom stereocenters. The molecule has 0 saturated carbocycles. The predicted molar refractivity (Wildman–Crippen MR) is 480 cm³/mol. The van der Waals surface area contributed by atoms with Crippen LogP contribution in [0.5, 0.6) is 0 Å². The molecule has 24 nitrogen and oxygen atoms in total. The van der Waals surface area contributed by atoms with Gasteiger partial charge in [0.2, 0.25) is 23.6 Å². The molecule has 662 valence electrons. The number of likely N-dealkylation sites (tertiary alicyclic amines) is 1. The minimum absolute atomic E-state index is 0.0948. The van der Waals surface area contributed by atoms with E-state index in [1.165, 1.54) is 48.5 Å². The molecule has 8 aromatic heterocycles. The molecule has 1 N–H and O–H groups in total. The molecule has 17 rings (SSSR count). The molecule has 5 aliphatic rings. The Morgan fingerprint density at radius 2 is 0.756 bits per heavy atom. The minimum atomic E-state index is -0.539. The second-order valence-corrected chi connectivity index (χ2v) is 35.6. The number of nitrogens with one attached hydrogen (secondary N) is 1. The van der Waals surface area contributed by atoms with E-state index in [2.05, 4.69) is 56.1 Å². The fourth-order valence-electron chi connectivity index (χ4n) is 14.1. The smallest absolute Gasteiger partial charge is 0.444 e. The first-order valence-electron chi connectivity index (χ1n) is 42.3. The van der Waals surface area contributed by atoms with Crippen LogP contribution in [0.15, 0.2) is 235 Å². The Morgan fingerprint density at radius 3 is 1.12 bits per heavy atom. The molecule has 3 fully saturated rings. The van der Waals surface area contributed by atoms with Crippen molar-refractivity contribution in [2.45, 2.75) is 168 Å². The lowest BCUT2D eigenvalue weighted by Crippen LogP contribution is -2.41. The number of aromatic nitrogens is 8. The van der Waals surface area contributed by atoms with Gasteiger partial charge in [-0.1, -0.05) is 36.4 Å². The number of hydrogen-bond donors (Lipinski definition) is 1. The number of oxazole rings is 4. The molecule has 127 heavy (non-hydrogen) atoms. The summed E-state index contributed by atoms with van der Waals surface area (Å²) in [6.45, 7) is 30.1. The van der Waals surface area contributed by atoms with Gasteiger partial charge in [0.25, 0.3) is 0 Å². The van der Waals surface area contributed by atoms with Crippen molar-refractivity contribution in [3.05, 3.63) is 257 Å². The molecule has 3 amide bonds. The highest BCUT2D eigenvalue weighted by Crippen LogP contribution is 2.43. The van der Waals surface area contributed by atoms with Gasteiger partial charge in [0, 0.05) is 98.1 Å². The van der Waals surface area contributed by atoms with E-state index in [1.54, 1.807) is 88.0 Å². The van der Waals surface area contributed by atoms with Gasteiger partial charge in [-0.2, -0.15) is 0 Å². The average Bonchev–Trinajstić information content (AvgIpc) is 1.68. The van der Waals surface area contributed by atoms with Crippen LogP contribution in [0.2, 0.25) is 0 Å². The number of carbonyl (C=O) groups excluding carboxylic acids is 3. The maximum atomic E-state index is 13.3. The summed E-state index contributed by atoms with van der Waals surface area (Å²) in [6.07, 6.45) is 14.8. The largest absolute Gasteiger partial charge is 0.490 e. The zero-order chi connectivity index (χ0) is 90.4. The number of hydrogen-bond acceptors (Lipinski definition) is 21. The lowest BCUT2D eigenvalue weighted by Gasteiger charge is -2.32. The molecule has 13 heterocycles. The Labute approximate surface area is 745 Å². The van der Waals surface area contributed by atoms with Crippen molar-refractivity contribution in [3.8, 4) is 91.4 Å². The normalized spacial score (nSPS) is 15.9. The summed E-state index contributed by atoms with van der Waals surface area (Å²) >= 11 is 3.32. The summed E-state index contributed by atoms with van der Waals surface area (Å²) in [5, 5.41) is 3.37. The Hall–Kier alpha value is -12.2. The van der Waals surface area contributed by atoms with E-state index < -0.39 is 16.8 Å². The van der Waals surface area contributed by atoms with Crippen molar-refractivity contribution in [2.24, 2.45) is 0 Å². The monoisotopic (exact) mass is 1790 g/mol. The third-order valence-electron chi connectivity index (χ3n) is 21.3. The molecular formula is C97H104BBrF4N12O12. The van der Waals surface area contributed by atoms with Gasteiger partial charge in [0.05, 0.1) is 34.0 Å². The summed E-state index contributed by atoms with van der Waals surface area (Å²) < 4.78 is 106. The van der Waals surface area contributed by atoms with Crippen LogP contribution in [-0.2, 0) is 23.5 Å². The van der Waals surface area contributed by atoms with E-state index >= 15 is 0 Å². The number of carbonyl (C=O) groups is 3. The lowest BCUT2D eigenvalue weighted by atomic mass is 9.75. The van der Waals surface area contributed by atoms with Crippen molar-refractivity contribution >= 4 is 46.9 Å². The number of amides is 3. The van der Waals surface area contributed by atoms with Crippen LogP contribution in [0.1, 0.15) is 158 Å². The number of benzene rings is 4. The molecule has 0 spiro atoms. The molecule has 0 bridgehead atoms. The van der Waals surface area contributed by atoms with Crippen molar-refractivity contribution in [1.82, 2.24) is 59.9 Å². The first-order chi connectivity index (χ1) is 60.6. The van der Waals surface area contributed by atoms with Crippen molar-refractivity contribution < 1.29 is 73.1 Å². The molecule has 3 saturated heterocycles. The highest BCUT2D eigenvalue weighted by atomic mass is 79.9. The van der Waals surface area contributed by atoms with Crippen LogP contribution < -0.4 is 5.32 Å². The minimum Gasteiger partial charge on any atom is -0.444 e. The number of piperidine rings is 2. The summed E-state index contributed by atoms with van der Waals surface area (Å²) in [4.78, 5) is 77.8. The van der Waals surface area contributed by atoms with Crippen molar-refractivity contribution in [1.29, 1.82) is 0 Å². The van der Waals surface area contributed by atoms with Crippen LogP contribution in [0.4, 0.5) is 31.9 Å². The summed E-state index contributed by atoms with van der Waals surface area (Å²) in [5.41, 5.74) is 8.40. The Balaban J connectivity index is 0.000000137. The summed E-state index contributed by atoms with van der Waals surface area (Å²) in [6, 6.07) is 46.9. The van der Waals surface area contributed by atoms with Gasteiger partial charge in [-0.05, 0) is 314 Å². The number of nitrogens with zero attached hydrogens (tertiary/aromatic N) is 11. The topological polar surface area (TPSA) is 275 Å². The second-order valence-electron chi connectivity index (χ2n) is 34.9. The first-order valence-corrected chi connectivity index (χ1v) is 43.1. The van der Waals surface area contributed by atoms with Gasteiger partial charge >= 0.3 is 25.4 Å². The van der Waals surface area contributed by atoms with E-state index in [9.17, 15) is 31.9 Å². The first kappa shape index (κ1) is 92.4. The fraction of sp³-hybridized carbons (Fsp3) is 0.351. The second kappa shape index (κ2) is 40.6. The summed E-state index contributed by atoms with van der Waals surface area (Å²) in [7, 11) is -0.314. The highest BCUT2D eigenvalue weighted by Gasteiger charge is 2.53. The van der Waals surface area contributed by atoms with Crippen LogP contribution in [-0.4, -0.2) is 160 Å². The van der Waals surface area contributed by atoms with Gasteiger partial charge in [-0.25, -0.2) is 51.9 Å². The van der Waals surface area contributed by atoms with Gasteiger partial charge in [-0.3, -0.25) is 19.9 Å².